The molecular weight excluding hydrogens is 324 g/mol. The van der Waals surface area contributed by atoms with Crippen LogP contribution >= 0.6 is 11.6 Å². The molecule has 2 aromatic heterocycles. The Kier molecular flexibility index (Phi) is 4.62. The number of hydrogen-bond donors (Lipinski definition) is 0. The van der Waals surface area contributed by atoms with Gasteiger partial charge < -0.3 is 4.90 Å². The number of rotatable bonds is 4. The van der Waals surface area contributed by atoms with Crippen molar-refractivity contribution < 1.29 is 4.79 Å². The van der Waals surface area contributed by atoms with E-state index >= 15 is 0 Å². The van der Waals surface area contributed by atoms with Gasteiger partial charge in [0, 0.05) is 24.5 Å². The quantitative estimate of drug-likeness (QED) is 0.726. The van der Waals surface area contributed by atoms with Crippen LogP contribution in [-0.4, -0.2) is 32.6 Å². The molecule has 0 N–H and O–H groups in total. The normalized spacial score (nSPS) is 12.0. The minimum atomic E-state index is -0.145. The van der Waals surface area contributed by atoms with E-state index in [-0.39, 0.29) is 11.9 Å². The molecule has 0 aliphatic carbocycles. The van der Waals surface area contributed by atoms with Gasteiger partial charge in [0.05, 0.1) is 29.7 Å². The van der Waals surface area contributed by atoms with Crippen LogP contribution in [0.1, 0.15) is 28.9 Å². The van der Waals surface area contributed by atoms with Crippen molar-refractivity contribution in [3.05, 3.63) is 77.3 Å². The first-order valence-electron chi connectivity index (χ1n) is 7.54. The first-order valence-corrected chi connectivity index (χ1v) is 7.92. The van der Waals surface area contributed by atoms with Gasteiger partial charge in [-0.05, 0) is 30.7 Å². The summed E-state index contributed by atoms with van der Waals surface area (Å²) in [5.41, 5.74) is 2.23. The molecule has 3 rings (SSSR count). The monoisotopic (exact) mass is 340 g/mol. The van der Waals surface area contributed by atoms with E-state index in [0.717, 1.165) is 11.3 Å². The molecule has 1 amide bonds. The number of halogens is 1. The van der Waals surface area contributed by atoms with E-state index in [0.29, 0.717) is 10.6 Å². The van der Waals surface area contributed by atoms with Crippen molar-refractivity contribution in [1.29, 1.82) is 0 Å². The van der Waals surface area contributed by atoms with Gasteiger partial charge in [0.2, 0.25) is 0 Å². The first kappa shape index (κ1) is 16.2. The van der Waals surface area contributed by atoms with Gasteiger partial charge in [-0.1, -0.05) is 29.8 Å². The molecule has 0 saturated heterocycles. The molecule has 24 heavy (non-hydrogen) atoms. The lowest BCUT2D eigenvalue weighted by atomic mass is 10.1. The Morgan fingerprint density at radius 2 is 2.00 bits per heavy atom. The standard InChI is InChI=1S/C18H17ClN4O/c1-13(16-7-3-4-8-17(16)19)22(2)18(24)14-10-21-23(12-14)15-6-5-9-20-11-15/h3-13H,1-2H3/t13-/m0/s1. The molecule has 0 fully saturated rings. The molecule has 0 saturated carbocycles. The van der Waals surface area contributed by atoms with Crippen molar-refractivity contribution in [1.82, 2.24) is 19.7 Å². The lowest BCUT2D eigenvalue weighted by Crippen LogP contribution is -2.29. The van der Waals surface area contributed by atoms with Crippen molar-refractivity contribution in [2.75, 3.05) is 7.05 Å². The predicted molar refractivity (Wildman–Crippen MR) is 93.3 cm³/mol. The van der Waals surface area contributed by atoms with E-state index in [2.05, 4.69) is 10.1 Å². The molecule has 6 heteroatoms. The lowest BCUT2D eigenvalue weighted by molar-refractivity contribution is 0.0742. The smallest absolute Gasteiger partial charge is 0.257 e. The topological polar surface area (TPSA) is 51.0 Å². The van der Waals surface area contributed by atoms with Crippen LogP contribution in [0.25, 0.3) is 5.69 Å². The number of amides is 1. The summed E-state index contributed by atoms with van der Waals surface area (Å²) < 4.78 is 1.63. The second kappa shape index (κ2) is 6.84. The van der Waals surface area contributed by atoms with Gasteiger partial charge in [-0.3, -0.25) is 9.78 Å². The number of aromatic nitrogens is 3. The highest BCUT2D eigenvalue weighted by molar-refractivity contribution is 6.31. The van der Waals surface area contributed by atoms with Crippen molar-refractivity contribution >= 4 is 17.5 Å². The maximum absolute atomic E-state index is 12.7. The molecule has 0 aliphatic heterocycles. The van der Waals surface area contributed by atoms with E-state index in [4.69, 9.17) is 11.6 Å². The van der Waals surface area contributed by atoms with E-state index in [1.165, 1.54) is 0 Å². The van der Waals surface area contributed by atoms with Crippen LogP contribution in [0.2, 0.25) is 5.02 Å². The lowest BCUT2D eigenvalue weighted by Gasteiger charge is -2.25. The molecule has 1 aromatic carbocycles. The summed E-state index contributed by atoms with van der Waals surface area (Å²) in [5.74, 6) is -0.113. The van der Waals surface area contributed by atoms with Crippen LogP contribution in [0.15, 0.2) is 61.2 Å². The van der Waals surface area contributed by atoms with E-state index in [9.17, 15) is 4.79 Å². The Labute approximate surface area is 145 Å². The highest BCUT2D eigenvalue weighted by atomic mass is 35.5. The van der Waals surface area contributed by atoms with Crippen LogP contribution in [0.4, 0.5) is 0 Å². The fourth-order valence-electron chi connectivity index (χ4n) is 2.47. The van der Waals surface area contributed by atoms with E-state index in [1.54, 1.807) is 41.4 Å². The van der Waals surface area contributed by atoms with E-state index in [1.807, 2.05) is 43.3 Å². The Hall–Kier alpha value is -2.66. The van der Waals surface area contributed by atoms with Gasteiger partial charge in [-0.2, -0.15) is 5.10 Å². The summed E-state index contributed by atoms with van der Waals surface area (Å²) >= 11 is 6.24. The molecule has 0 radical (unpaired) electrons. The number of carbonyl (C=O) groups excluding carboxylic acids is 1. The molecule has 122 valence electrons. The fraction of sp³-hybridized carbons (Fsp3) is 0.167. The minimum absolute atomic E-state index is 0.113. The fourth-order valence-corrected chi connectivity index (χ4v) is 2.76. The highest BCUT2D eigenvalue weighted by Gasteiger charge is 2.21. The SMILES string of the molecule is C[C@@H](c1ccccc1Cl)N(C)C(=O)c1cnn(-c2cccnc2)c1. The minimum Gasteiger partial charge on any atom is -0.335 e. The first-order chi connectivity index (χ1) is 11.6. The van der Waals surface area contributed by atoms with Crippen LogP contribution in [0, 0.1) is 0 Å². The third kappa shape index (κ3) is 3.16. The van der Waals surface area contributed by atoms with E-state index < -0.39 is 0 Å². The molecular formula is C18H17ClN4O. The Balaban J connectivity index is 1.82. The molecule has 0 unspecified atom stereocenters. The number of benzene rings is 1. The molecule has 1 atom stereocenters. The van der Waals surface area contributed by atoms with Gasteiger partial charge in [0.25, 0.3) is 5.91 Å². The Bertz CT molecular complexity index is 847. The Morgan fingerprint density at radius 1 is 1.21 bits per heavy atom. The Morgan fingerprint density at radius 3 is 2.71 bits per heavy atom. The number of carbonyl (C=O) groups is 1. The van der Waals surface area contributed by atoms with Crippen LogP contribution in [-0.2, 0) is 0 Å². The summed E-state index contributed by atoms with van der Waals surface area (Å²) in [4.78, 5) is 18.4. The maximum atomic E-state index is 12.7. The number of nitrogens with zero attached hydrogens (tertiary/aromatic N) is 4. The zero-order valence-corrected chi connectivity index (χ0v) is 14.2. The van der Waals surface area contributed by atoms with Crippen molar-refractivity contribution in [2.45, 2.75) is 13.0 Å². The molecule has 0 aliphatic rings. The molecule has 0 bridgehead atoms. The van der Waals surface area contributed by atoms with Crippen LogP contribution in [0.5, 0.6) is 0 Å². The van der Waals surface area contributed by atoms with Crippen molar-refractivity contribution in [3.8, 4) is 5.69 Å². The highest BCUT2D eigenvalue weighted by Crippen LogP contribution is 2.27. The van der Waals surface area contributed by atoms with Gasteiger partial charge >= 0.3 is 0 Å². The summed E-state index contributed by atoms with van der Waals surface area (Å²) in [7, 11) is 1.76. The third-order valence-electron chi connectivity index (χ3n) is 4.00. The zero-order chi connectivity index (χ0) is 17.1. The van der Waals surface area contributed by atoms with Gasteiger partial charge in [0.1, 0.15) is 0 Å². The van der Waals surface area contributed by atoms with Gasteiger partial charge in [-0.25, -0.2) is 4.68 Å². The van der Waals surface area contributed by atoms with Crippen LogP contribution < -0.4 is 0 Å². The molecule has 2 heterocycles. The second-order valence-electron chi connectivity index (χ2n) is 5.50. The van der Waals surface area contributed by atoms with Crippen molar-refractivity contribution in [2.24, 2.45) is 0 Å². The molecule has 3 aromatic rings. The molecule has 0 spiro atoms. The summed E-state index contributed by atoms with van der Waals surface area (Å²) in [6, 6.07) is 11.1. The summed E-state index contributed by atoms with van der Waals surface area (Å²) in [6.07, 6.45) is 6.65. The van der Waals surface area contributed by atoms with Crippen molar-refractivity contribution in [3.63, 3.8) is 0 Å². The predicted octanol–water partition coefficient (Wildman–Crippen LogP) is 3.75. The molecule has 5 nitrogen and oxygen atoms in total. The van der Waals surface area contributed by atoms with Gasteiger partial charge in [0.15, 0.2) is 0 Å². The third-order valence-corrected chi connectivity index (χ3v) is 4.34. The second-order valence-corrected chi connectivity index (χ2v) is 5.91. The van der Waals surface area contributed by atoms with Gasteiger partial charge in [-0.15, -0.1) is 0 Å². The average molecular weight is 341 g/mol. The zero-order valence-electron chi connectivity index (χ0n) is 13.4. The van der Waals surface area contributed by atoms with Crippen LogP contribution in [0.3, 0.4) is 0 Å². The largest absolute Gasteiger partial charge is 0.335 e. The summed E-state index contributed by atoms with van der Waals surface area (Å²) in [5, 5.41) is 4.89. The number of hydrogen-bond acceptors (Lipinski definition) is 3. The average Bonchev–Trinajstić information content (AvgIpc) is 3.11. The summed E-state index contributed by atoms with van der Waals surface area (Å²) in [6.45, 7) is 1.95. The maximum Gasteiger partial charge on any atom is 0.257 e. The number of pyridine rings is 1.